The molecule has 2 aromatic carbocycles. The van der Waals surface area contributed by atoms with Gasteiger partial charge >= 0.3 is 12.1 Å². The largest absolute Gasteiger partial charge is 0.478 e. The second-order valence-corrected chi connectivity index (χ2v) is 5.70. The van der Waals surface area contributed by atoms with E-state index in [9.17, 15) is 18.0 Å². The third-order valence-corrected chi connectivity index (χ3v) is 3.74. The topological polar surface area (TPSA) is 59.7 Å². The van der Waals surface area contributed by atoms with Crippen LogP contribution in [-0.4, -0.2) is 11.1 Å². The highest BCUT2D eigenvalue weighted by Gasteiger charge is 2.32. The van der Waals surface area contributed by atoms with Crippen molar-refractivity contribution in [2.75, 3.05) is 0 Å². The van der Waals surface area contributed by atoms with E-state index in [1.807, 2.05) is 0 Å². The van der Waals surface area contributed by atoms with E-state index < -0.39 is 17.7 Å². The molecule has 0 fully saturated rings. The molecular weight excluding hydrogens is 361 g/mol. The van der Waals surface area contributed by atoms with Crippen LogP contribution < -0.4 is 4.74 Å². The van der Waals surface area contributed by atoms with Crippen molar-refractivity contribution in [3.8, 4) is 11.5 Å². The summed E-state index contributed by atoms with van der Waals surface area (Å²) in [7, 11) is 0. The number of rotatable bonds is 3. The van der Waals surface area contributed by atoms with Gasteiger partial charge in [0.25, 0.3) is 0 Å². The maximum Gasteiger partial charge on any atom is 0.416 e. The fraction of sp³-hybridized carbons (Fsp3) is 0.118. The van der Waals surface area contributed by atoms with Crippen molar-refractivity contribution in [1.29, 1.82) is 0 Å². The number of benzene rings is 2. The smallest absolute Gasteiger partial charge is 0.416 e. The van der Waals surface area contributed by atoms with Gasteiger partial charge in [0.05, 0.1) is 16.1 Å². The van der Waals surface area contributed by atoms with E-state index in [-0.39, 0.29) is 33.1 Å². The van der Waals surface area contributed by atoms with Gasteiger partial charge in [-0.2, -0.15) is 13.2 Å². The molecule has 8 heteroatoms. The van der Waals surface area contributed by atoms with Crippen LogP contribution in [0.15, 0.2) is 40.8 Å². The normalized spacial score (nSPS) is 11.7. The Morgan fingerprint density at radius 2 is 1.92 bits per heavy atom. The minimum absolute atomic E-state index is 0.0877. The average Bonchev–Trinajstić information content (AvgIpc) is 2.86. The third kappa shape index (κ3) is 3.41. The lowest BCUT2D eigenvalue weighted by Gasteiger charge is -2.11. The van der Waals surface area contributed by atoms with Crippen LogP contribution in [0.5, 0.6) is 11.5 Å². The van der Waals surface area contributed by atoms with Crippen LogP contribution in [0.1, 0.15) is 21.7 Å². The second kappa shape index (κ2) is 6.00. The van der Waals surface area contributed by atoms with Crippen molar-refractivity contribution in [3.63, 3.8) is 0 Å². The van der Waals surface area contributed by atoms with Gasteiger partial charge in [-0.1, -0.05) is 11.6 Å². The first-order valence-electron chi connectivity index (χ1n) is 6.97. The first-order chi connectivity index (χ1) is 11.6. The number of fused-ring (bicyclic) bond motifs is 1. The van der Waals surface area contributed by atoms with Gasteiger partial charge in [-0.3, -0.25) is 0 Å². The Morgan fingerprint density at radius 1 is 1.20 bits per heavy atom. The third-order valence-electron chi connectivity index (χ3n) is 3.43. The van der Waals surface area contributed by atoms with Gasteiger partial charge in [0.2, 0.25) is 0 Å². The first kappa shape index (κ1) is 17.2. The predicted molar refractivity (Wildman–Crippen MR) is 84.4 cm³/mol. The molecule has 25 heavy (non-hydrogen) atoms. The maximum atomic E-state index is 13.1. The number of hydrogen-bond donors (Lipinski definition) is 1. The number of carbonyl (C=O) groups is 1. The molecule has 1 N–H and O–H groups in total. The second-order valence-electron chi connectivity index (χ2n) is 5.30. The van der Waals surface area contributed by atoms with Crippen molar-refractivity contribution in [2.45, 2.75) is 13.1 Å². The molecule has 0 aliphatic carbocycles. The zero-order valence-corrected chi connectivity index (χ0v) is 13.4. The van der Waals surface area contributed by atoms with Crippen LogP contribution in [0.3, 0.4) is 0 Å². The van der Waals surface area contributed by atoms with Crippen LogP contribution in [-0.2, 0) is 6.18 Å². The van der Waals surface area contributed by atoms with Crippen molar-refractivity contribution < 1.29 is 32.2 Å². The van der Waals surface area contributed by atoms with Crippen LogP contribution >= 0.6 is 11.6 Å². The molecule has 0 atom stereocenters. The molecular formula is C17H10ClF3O4. The lowest BCUT2D eigenvalue weighted by molar-refractivity contribution is -0.137. The molecule has 4 nitrogen and oxygen atoms in total. The van der Waals surface area contributed by atoms with Crippen molar-refractivity contribution in [3.05, 3.63) is 58.3 Å². The number of furan rings is 1. The summed E-state index contributed by atoms with van der Waals surface area (Å²) in [5.41, 5.74) is -0.870. The lowest BCUT2D eigenvalue weighted by Crippen LogP contribution is -2.05. The molecule has 0 bridgehead atoms. The molecule has 0 unspecified atom stereocenters. The number of ether oxygens (including phenoxy) is 1. The summed E-state index contributed by atoms with van der Waals surface area (Å²) in [5, 5.41) is 9.10. The molecule has 0 amide bonds. The van der Waals surface area contributed by atoms with E-state index in [1.165, 1.54) is 24.3 Å². The highest BCUT2D eigenvalue weighted by atomic mass is 35.5. The molecule has 0 radical (unpaired) electrons. The van der Waals surface area contributed by atoms with E-state index in [4.69, 9.17) is 25.9 Å². The van der Waals surface area contributed by atoms with E-state index in [0.717, 1.165) is 12.1 Å². The number of alkyl halides is 3. The fourth-order valence-corrected chi connectivity index (χ4v) is 2.60. The fourth-order valence-electron chi connectivity index (χ4n) is 2.35. The van der Waals surface area contributed by atoms with Crippen LogP contribution in [0.2, 0.25) is 5.02 Å². The molecule has 0 saturated carbocycles. The lowest BCUT2D eigenvalue weighted by atomic mass is 10.1. The summed E-state index contributed by atoms with van der Waals surface area (Å²) in [6, 6.07) is 6.99. The number of halogens is 4. The van der Waals surface area contributed by atoms with Gasteiger partial charge in [0, 0.05) is 11.5 Å². The van der Waals surface area contributed by atoms with E-state index >= 15 is 0 Å². The molecule has 1 heterocycles. The standard InChI is InChI=1S/C17H10ClF3O4/c1-8-4-9-5-10(17(19,20)21)6-14(15(9)24-8)25-11-2-3-12(16(22)23)13(18)7-11/h2-7H,1H3,(H,22,23). The molecule has 3 rings (SSSR count). The van der Waals surface area contributed by atoms with Gasteiger partial charge in [0.1, 0.15) is 11.5 Å². The van der Waals surface area contributed by atoms with Gasteiger partial charge in [0.15, 0.2) is 11.3 Å². The Labute approximate surface area is 144 Å². The summed E-state index contributed by atoms with van der Waals surface area (Å²) in [6.45, 7) is 1.61. The summed E-state index contributed by atoms with van der Waals surface area (Å²) < 4.78 is 50.1. The van der Waals surface area contributed by atoms with E-state index in [1.54, 1.807) is 6.92 Å². The minimum atomic E-state index is -4.55. The highest BCUT2D eigenvalue weighted by Crippen LogP contribution is 2.39. The summed E-state index contributed by atoms with van der Waals surface area (Å²) in [6.07, 6.45) is -4.55. The Bertz CT molecular complexity index is 976. The summed E-state index contributed by atoms with van der Waals surface area (Å²) in [4.78, 5) is 11.0. The van der Waals surface area contributed by atoms with E-state index in [0.29, 0.717) is 5.76 Å². The van der Waals surface area contributed by atoms with Gasteiger partial charge < -0.3 is 14.3 Å². The highest BCUT2D eigenvalue weighted by molar-refractivity contribution is 6.33. The number of carboxylic acid groups (broad SMARTS) is 1. The Morgan fingerprint density at radius 3 is 2.52 bits per heavy atom. The average molecular weight is 371 g/mol. The van der Waals surface area contributed by atoms with Crippen molar-refractivity contribution in [2.24, 2.45) is 0 Å². The molecule has 0 saturated heterocycles. The maximum absolute atomic E-state index is 13.1. The van der Waals surface area contributed by atoms with Crippen LogP contribution in [0, 0.1) is 6.92 Å². The van der Waals surface area contributed by atoms with Crippen LogP contribution in [0.4, 0.5) is 13.2 Å². The molecule has 130 valence electrons. The Hall–Kier alpha value is -2.67. The van der Waals surface area contributed by atoms with Crippen LogP contribution in [0.25, 0.3) is 11.0 Å². The Balaban J connectivity index is 2.09. The quantitative estimate of drug-likeness (QED) is 0.623. The molecule has 0 aliphatic rings. The minimum Gasteiger partial charge on any atom is -0.478 e. The van der Waals surface area contributed by atoms with Crippen molar-refractivity contribution in [1.82, 2.24) is 0 Å². The molecule has 3 aromatic rings. The zero-order valence-electron chi connectivity index (χ0n) is 12.6. The molecule has 0 aliphatic heterocycles. The SMILES string of the molecule is Cc1cc2cc(C(F)(F)F)cc(Oc3ccc(C(=O)O)c(Cl)c3)c2o1. The number of aromatic carboxylic acids is 1. The predicted octanol–water partition coefficient (Wildman–Crippen LogP) is 5.90. The number of hydrogen-bond acceptors (Lipinski definition) is 3. The van der Waals surface area contributed by atoms with Gasteiger partial charge in [-0.15, -0.1) is 0 Å². The van der Waals surface area contributed by atoms with Gasteiger partial charge in [-0.05, 0) is 37.3 Å². The summed E-state index contributed by atoms with van der Waals surface area (Å²) >= 11 is 5.85. The monoisotopic (exact) mass is 370 g/mol. The first-order valence-corrected chi connectivity index (χ1v) is 7.35. The zero-order chi connectivity index (χ0) is 18.4. The van der Waals surface area contributed by atoms with Gasteiger partial charge in [-0.25, -0.2) is 4.79 Å². The number of aryl methyl sites for hydroxylation is 1. The number of carboxylic acids is 1. The van der Waals surface area contributed by atoms with E-state index in [2.05, 4.69) is 0 Å². The van der Waals surface area contributed by atoms with Crippen molar-refractivity contribution >= 4 is 28.5 Å². The molecule has 1 aromatic heterocycles. The molecule has 0 spiro atoms. The summed E-state index contributed by atoms with van der Waals surface area (Å²) in [5.74, 6) is -0.847. The Kier molecular flexibility index (Phi) is 4.12.